The smallest absolute Gasteiger partial charge is 0.257 e. The molecular formula is C15H25F4N4O3S2+. The molecule has 7 nitrogen and oxygen atoms in total. The number of amides is 1. The molecule has 1 amide bonds. The third-order valence-electron chi connectivity index (χ3n) is 3.92. The highest BCUT2D eigenvalue weighted by Gasteiger charge is 2.28. The minimum Gasteiger partial charge on any atom is -0.394 e. The van der Waals surface area contributed by atoms with E-state index in [-0.39, 0.29) is 20.0 Å². The van der Waals surface area contributed by atoms with Crippen LogP contribution in [0.25, 0.3) is 0 Å². The molecule has 0 aliphatic carbocycles. The quantitative estimate of drug-likeness (QED) is 0.0742. The lowest BCUT2D eigenvalue weighted by Gasteiger charge is -2.30. The van der Waals surface area contributed by atoms with E-state index in [1.54, 1.807) is 11.4 Å². The number of carbonyl (C=O) groups excluding carboxylic acids is 1. The molecule has 13 heteroatoms. The first-order valence-corrected chi connectivity index (χ1v) is 8.62. The van der Waals surface area contributed by atoms with Crippen LogP contribution in [0.5, 0.6) is 0 Å². The molecule has 0 saturated heterocycles. The zero-order valence-electron chi connectivity index (χ0n) is 15.7. The predicted octanol–water partition coefficient (Wildman–Crippen LogP) is 2.12. The summed E-state index contributed by atoms with van der Waals surface area (Å²) in [6.07, 6.45) is 0.742. The standard InChI is InChI=1S/C15H22F4N4O3S.H2S/c1-22(27-26-25)6-4-7-23(2,3)8-5-21-15(24)9-10(16)12(18)14(20)13(19)11(9)17;/h4-8,20H2,1-3H3,(H-,21,24,25);1H2/p+1. The van der Waals surface area contributed by atoms with Gasteiger partial charge in [0.05, 0.1) is 33.7 Å². The maximum atomic E-state index is 13.8. The molecule has 28 heavy (non-hydrogen) atoms. The Morgan fingerprint density at radius 1 is 1.18 bits per heavy atom. The minimum atomic E-state index is -1.83. The van der Waals surface area contributed by atoms with Crippen molar-refractivity contribution in [3.8, 4) is 0 Å². The molecule has 0 bridgehead atoms. The normalized spacial score (nSPS) is 11.5. The largest absolute Gasteiger partial charge is 0.394 e. The van der Waals surface area contributed by atoms with Gasteiger partial charge in [-0.1, -0.05) is 0 Å². The van der Waals surface area contributed by atoms with Gasteiger partial charge in [0, 0.05) is 13.0 Å². The number of nitrogens with one attached hydrogen (secondary N) is 1. The molecule has 4 N–H and O–H groups in total. The van der Waals surface area contributed by atoms with Crippen molar-refractivity contribution in [2.45, 2.75) is 6.42 Å². The van der Waals surface area contributed by atoms with Gasteiger partial charge in [-0.05, 0) is 7.05 Å². The van der Waals surface area contributed by atoms with Crippen molar-refractivity contribution in [3.63, 3.8) is 0 Å². The first-order valence-electron chi connectivity index (χ1n) is 7.92. The van der Waals surface area contributed by atoms with Crippen LogP contribution in [0.3, 0.4) is 0 Å². The number of hydrogen-bond acceptors (Lipinski definition) is 6. The first kappa shape index (κ1) is 26.8. The molecule has 0 radical (unpaired) electrons. The van der Waals surface area contributed by atoms with E-state index in [0.29, 0.717) is 24.1 Å². The van der Waals surface area contributed by atoms with Crippen LogP contribution in [-0.4, -0.2) is 67.3 Å². The third-order valence-corrected chi connectivity index (χ3v) is 4.43. The van der Waals surface area contributed by atoms with E-state index >= 15 is 0 Å². The summed E-state index contributed by atoms with van der Waals surface area (Å²) in [4.78, 5) is 11.9. The summed E-state index contributed by atoms with van der Waals surface area (Å²) >= 11 is 0.791. The number of halogens is 4. The number of rotatable bonds is 10. The number of hydrogen-bond donors (Lipinski definition) is 3. The monoisotopic (exact) mass is 449 g/mol. The molecule has 0 saturated carbocycles. The Hall–Kier alpha value is -1.25. The third kappa shape index (κ3) is 7.29. The lowest BCUT2D eigenvalue weighted by Crippen LogP contribution is -2.46. The minimum absolute atomic E-state index is 0. The zero-order valence-corrected chi connectivity index (χ0v) is 17.5. The average molecular weight is 450 g/mol. The predicted molar refractivity (Wildman–Crippen MR) is 104 cm³/mol. The summed E-state index contributed by atoms with van der Waals surface area (Å²) in [6, 6.07) is 0. The molecule has 0 unspecified atom stereocenters. The van der Waals surface area contributed by atoms with Gasteiger partial charge in [-0.25, -0.2) is 27.1 Å². The molecule has 0 heterocycles. The fourth-order valence-electron chi connectivity index (χ4n) is 2.34. The lowest BCUT2D eigenvalue weighted by molar-refractivity contribution is -0.889. The van der Waals surface area contributed by atoms with E-state index in [0.717, 1.165) is 18.6 Å². The van der Waals surface area contributed by atoms with Crippen molar-refractivity contribution in [1.29, 1.82) is 0 Å². The molecular weight excluding hydrogens is 424 g/mol. The Kier molecular flexibility index (Phi) is 11.2. The second-order valence-corrected chi connectivity index (χ2v) is 7.46. The fraction of sp³-hybridized carbons (Fsp3) is 0.533. The van der Waals surface area contributed by atoms with Gasteiger partial charge < -0.3 is 15.5 Å². The topological polar surface area (TPSA) is 87.8 Å². The number of likely N-dealkylation sites (N-methyl/N-ethyl adjacent to an activating group) is 1. The molecule has 0 atom stereocenters. The van der Waals surface area contributed by atoms with Gasteiger partial charge in [0.15, 0.2) is 23.3 Å². The van der Waals surface area contributed by atoms with Gasteiger partial charge in [-0.15, -0.1) is 4.33 Å². The summed E-state index contributed by atoms with van der Waals surface area (Å²) in [5.74, 6) is -8.53. The SMILES string of the molecule is CN(CCC[N+](C)(C)CCNC(=O)c1c(F)c(F)c(N)c(F)c1F)SOO.S. The zero-order chi connectivity index (χ0) is 20.8. The second kappa shape index (κ2) is 11.7. The van der Waals surface area contributed by atoms with E-state index in [2.05, 4.69) is 9.65 Å². The number of quaternary nitrogens is 1. The molecule has 0 fully saturated rings. The summed E-state index contributed by atoms with van der Waals surface area (Å²) in [7, 11) is 5.49. The Morgan fingerprint density at radius 2 is 1.71 bits per heavy atom. The number of carbonyl (C=O) groups is 1. The average Bonchev–Trinajstić information content (AvgIpc) is 2.58. The van der Waals surface area contributed by atoms with Crippen molar-refractivity contribution >= 4 is 37.3 Å². The van der Waals surface area contributed by atoms with Crippen molar-refractivity contribution in [2.24, 2.45) is 0 Å². The van der Waals surface area contributed by atoms with Gasteiger partial charge in [0.25, 0.3) is 5.91 Å². The maximum absolute atomic E-state index is 13.8. The summed E-state index contributed by atoms with van der Waals surface area (Å²) in [5, 5.41) is 10.6. The highest BCUT2D eigenvalue weighted by molar-refractivity contribution is 7.92. The molecule has 0 aliphatic rings. The first-order chi connectivity index (χ1) is 12.5. The van der Waals surface area contributed by atoms with E-state index < -0.39 is 40.4 Å². The van der Waals surface area contributed by atoms with Crippen LogP contribution >= 0.6 is 25.7 Å². The Labute approximate surface area is 172 Å². The van der Waals surface area contributed by atoms with Crippen molar-refractivity contribution in [1.82, 2.24) is 9.62 Å². The highest BCUT2D eigenvalue weighted by Crippen LogP contribution is 2.25. The van der Waals surface area contributed by atoms with Gasteiger partial charge in [0.1, 0.15) is 23.5 Å². The fourth-order valence-corrected chi connectivity index (χ4v) is 2.65. The van der Waals surface area contributed by atoms with Crippen LogP contribution in [-0.2, 0) is 4.33 Å². The van der Waals surface area contributed by atoms with Crippen LogP contribution in [0.2, 0.25) is 0 Å². The van der Waals surface area contributed by atoms with Crippen molar-refractivity contribution in [3.05, 3.63) is 28.8 Å². The lowest BCUT2D eigenvalue weighted by atomic mass is 10.1. The second-order valence-electron chi connectivity index (χ2n) is 6.54. The molecule has 162 valence electrons. The number of anilines is 1. The Morgan fingerprint density at radius 3 is 2.21 bits per heavy atom. The molecule has 1 aromatic rings. The van der Waals surface area contributed by atoms with Gasteiger partial charge in [0.2, 0.25) is 0 Å². The highest BCUT2D eigenvalue weighted by atomic mass is 32.2. The number of benzene rings is 1. The van der Waals surface area contributed by atoms with E-state index in [9.17, 15) is 22.4 Å². The maximum Gasteiger partial charge on any atom is 0.257 e. The molecule has 0 spiro atoms. The summed E-state index contributed by atoms with van der Waals surface area (Å²) < 4.78 is 60.5. The molecule has 0 aliphatic heterocycles. The van der Waals surface area contributed by atoms with Crippen LogP contribution in [0.1, 0.15) is 16.8 Å². The van der Waals surface area contributed by atoms with Crippen molar-refractivity contribution < 1.29 is 36.4 Å². The number of nitrogen functional groups attached to an aromatic ring is 1. The van der Waals surface area contributed by atoms with E-state index in [1.807, 2.05) is 14.1 Å². The van der Waals surface area contributed by atoms with E-state index in [1.165, 1.54) is 0 Å². The molecule has 0 aromatic heterocycles. The van der Waals surface area contributed by atoms with E-state index in [4.69, 9.17) is 11.0 Å². The van der Waals surface area contributed by atoms with Gasteiger partial charge in [-0.2, -0.15) is 13.5 Å². The van der Waals surface area contributed by atoms with Crippen molar-refractivity contribution in [2.75, 3.05) is 53.1 Å². The Bertz CT molecular complexity index is 654. The number of nitrogens with two attached hydrogens (primary N) is 1. The molecule has 1 rings (SSSR count). The van der Waals surface area contributed by atoms with Crippen LogP contribution < -0.4 is 11.1 Å². The van der Waals surface area contributed by atoms with Crippen LogP contribution in [0.15, 0.2) is 0 Å². The summed E-state index contributed by atoms with van der Waals surface area (Å²) in [5.41, 5.74) is 2.25. The van der Waals surface area contributed by atoms with Gasteiger partial charge >= 0.3 is 0 Å². The van der Waals surface area contributed by atoms with Crippen LogP contribution in [0, 0.1) is 23.3 Å². The summed E-state index contributed by atoms with van der Waals surface area (Å²) in [6.45, 7) is 1.75. The van der Waals surface area contributed by atoms with Gasteiger partial charge in [-0.3, -0.25) is 4.79 Å². The molecule has 1 aromatic carbocycles. The number of nitrogens with zero attached hydrogens (tertiary/aromatic N) is 2. The van der Waals surface area contributed by atoms with Crippen LogP contribution in [0.4, 0.5) is 23.2 Å². The Balaban J connectivity index is 0.00000729.